The Morgan fingerprint density at radius 2 is 1.92 bits per heavy atom. The molecule has 5 nitrogen and oxygen atoms in total. The highest BCUT2D eigenvalue weighted by molar-refractivity contribution is 7.16. The number of nitrogens with zero attached hydrogens (tertiary/aromatic N) is 2. The third-order valence-electron chi connectivity index (χ3n) is 4.17. The van der Waals surface area contributed by atoms with E-state index in [2.05, 4.69) is 16.4 Å². The average molecular weight is 343 g/mol. The molecule has 0 bridgehead atoms. The van der Waals surface area contributed by atoms with E-state index in [-0.39, 0.29) is 6.61 Å². The number of methoxy groups -OCH3 is 1. The maximum atomic E-state index is 9.32. The smallest absolute Gasteiger partial charge is 0.184 e. The molecule has 6 heteroatoms. The van der Waals surface area contributed by atoms with Crippen molar-refractivity contribution in [2.24, 2.45) is 0 Å². The van der Waals surface area contributed by atoms with E-state index in [1.54, 1.807) is 7.11 Å². The Balaban J connectivity index is 1.62. The lowest BCUT2D eigenvalue weighted by atomic mass is 9.96. The van der Waals surface area contributed by atoms with Crippen molar-refractivity contribution in [1.82, 2.24) is 4.98 Å². The van der Waals surface area contributed by atoms with Crippen molar-refractivity contribution >= 4 is 16.5 Å². The molecule has 3 rings (SSSR count). The Kier molecular flexibility index (Phi) is 5.55. The standard InChI is InChI=1S/C18H21N3O2S/c1-22-14-7-9-15(10-8-14)23-12-16-17(11-19)24-18(21-16)20-13-5-3-2-4-6-13/h7-10,13H,2-6,12H2,1H3,(H,20,21). The van der Waals surface area contributed by atoms with Crippen molar-refractivity contribution < 1.29 is 9.47 Å². The molecule has 1 aromatic carbocycles. The second-order valence-electron chi connectivity index (χ2n) is 5.85. The van der Waals surface area contributed by atoms with E-state index in [0.717, 1.165) is 16.6 Å². The van der Waals surface area contributed by atoms with Crippen molar-refractivity contribution in [2.75, 3.05) is 12.4 Å². The minimum absolute atomic E-state index is 0.290. The van der Waals surface area contributed by atoms with Gasteiger partial charge in [-0.25, -0.2) is 4.98 Å². The van der Waals surface area contributed by atoms with Crippen LogP contribution in [0.4, 0.5) is 5.13 Å². The van der Waals surface area contributed by atoms with Gasteiger partial charge >= 0.3 is 0 Å². The quantitative estimate of drug-likeness (QED) is 0.845. The van der Waals surface area contributed by atoms with Crippen LogP contribution in [0.5, 0.6) is 11.5 Å². The fraction of sp³-hybridized carbons (Fsp3) is 0.444. The summed E-state index contributed by atoms with van der Waals surface area (Å²) in [7, 11) is 1.63. The van der Waals surface area contributed by atoms with Crippen LogP contribution >= 0.6 is 11.3 Å². The lowest BCUT2D eigenvalue weighted by Crippen LogP contribution is -2.22. The molecule has 1 aliphatic rings. The molecule has 0 amide bonds. The van der Waals surface area contributed by atoms with Gasteiger partial charge in [0.05, 0.1) is 7.11 Å². The molecule has 1 fully saturated rings. The van der Waals surface area contributed by atoms with Gasteiger partial charge in [-0.3, -0.25) is 0 Å². The van der Waals surface area contributed by atoms with Crippen LogP contribution in [0, 0.1) is 11.3 Å². The molecule has 0 spiro atoms. The largest absolute Gasteiger partial charge is 0.497 e. The van der Waals surface area contributed by atoms with Crippen LogP contribution in [0.25, 0.3) is 0 Å². The first kappa shape index (κ1) is 16.6. The molecule has 1 aromatic heterocycles. The second-order valence-corrected chi connectivity index (χ2v) is 6.85. The molecule has 0 atom stereocenters. The van der Waals surface area contributed by atoms with Gasteiger partial charge in [-0.05, 0) is 37.1 Å². The van der Waals surface area contributed by atoms with Gasteiger partial charge in [-0.1, -0.05) is 30.6 Å². The van der Waals surface area contributed by atoms with Gasteiger partial charge in [-0.15, -0.1) is 0 Å². The molecule has 2 aromatic rings. The van der Waals surface area contributed by atoms with Crippen molar-refractivity contribution in [2.45, 2.75) is 44.8 Å². The zero-order valence-corrected chi connectivity index (χ0v) is 14.6. The molecule has 0 unspecified atom stereocenters. The molecule has 1 N–H and O–H groups in total. The maximum Gasteiger partial charge on any atom is 0.184 e. The number of ether oxygens (including phenoxy) is 2. The van der Waals surface area contributed by atoms with Crippen molar-refractivity contribution in [1.29, 1.82) is 5.26 Å². The number of rotatable bonds is 6. The summed E-state index contributed by atoms with van der Waals surface area (Å²) >= 11 is 1.41. The molecule has 0 saturated heterocycles. The zero-order chi connectivity index (χ0) is 16.8. The molecular formula is C18H21N3O2S. The molecule has 1 heterocycles. The van der Waals surface area contributed by atoms with Crippen LogP contribution in [0.3, 0.4) is 0 Å². The topological polar surface area (TPSA) is 67.2 Å². The molecular weight excluding hydrogens is 322 g/mol. The number of anilines is 1. The molecule has 24 heavy (non-hydrogen) atoms. The third-order valence-corrected chi connectivity index (χ3v) is 5.10. The van der Waals surface area contributed by atoms with Crippen molar-refractivity contribution in [3.05, 3.63) is 34.8 Å². The van der Waals surface area contributed by atoms with E-state index in [1.807, 2.05) is 24.3 Å². The Hall–Kier alpha value is -2.26. The second kappa shape index (κ2) is 8.02. The summed E-state index contributed by atoms with van der Waals surface area (Å²) in [5.74, 6) is 1.52. The Morgan fingerprint density at radius 3 is 2.58 bits per heavy atom. The van der Waals surface area contributed by atoms with Crippen molar-refractivity contribution in [3.8, 4) is 17.6 Å². The van der Waals surface area contributed by atoms with Gasteiger partial charge in [-0.2, -0.15) is 5.26 Å². The van der Waals surface area contributed by atoms with E-state index >= 15 is 0 Å². The van der Waals surface area contributed by atoms with Crippen LogP contribution in [0.1, 0.15) is 42.7 Å². The predicted octanol–water partition coefficient (Wildman–Crippen LogP) is 4.35. The minimum Gasteiger partial charge on any atom is -0.497 e. The number of benzene rings is 1. The third kappa shape index (κ3) is 4.18. The molecule has 0 radical (unpaired) electrons. The summed E-state index contributed by atoms with van der Waals surface area (Å²) in [6.07, 6.45) is 6.21. The van der Waals surface area contributed by atoms with Crippen LogP contribution in [-0.2, 0) is 6.61 Å². The Labute approximate surface area is 146 Å². The number of hydrogen-bond acceptors (Lipinski definition) is 6. The SMILES string of the molecule is COc1ccc(OCc2nc(NC3CCCCC3)sc2C#N)cc1. The molecule has 126 valence electrons. The lowest BCUT2D eigenvalue weighted by Gasteiger charge is -2.22. The molecule has 1 saturated carbocycles. The van der Waals surface area contributed by atoms with Gasteiger partial charge in [0, 0.05) is 6.04 Å². The van der Waals surface area contributed by atoms with Gasteiger partial charge in [0.25, 0.3) is 0 Å². The Morgan fingerprint density at radius 1 is 1.21 bits per heavy atom. The first-order valence-electron chi connectivity index (χ1n) is 8.21. The number of aromatic nitrogens is 1. The summed E-state index contributed by atoms with van der Waals surface area (Å²) in [4.78, 5) is 5.17. The number of nitriles is 1. The van der Waals surface area contributed by atoms with Crippen LogP contribution in [0.15, 0.2) is 24.3 Å². The predicted molar refractivity (Wildman–Crippen MR) is 94.7 cm³/mol. The highest BCUT2D eigenvalue weighted by Crippen LogP contribution is 2.27. The number of nitrogens with one attached hydrogen (secondary N) is 1. The summed E-state index contributed by atoms with van der Waals surface area (Å²) in [5, 5.41) is 13.6. The van der Waals surface area contributed by atoms with Crippen LogP contribution in [0.2, 0.25) is 0 Å². The van der Waals surface area contributed by atoms with E-state index in [1.165, 1.54) is 43.4 Å². The highest BCUT2D eigenvalue weighted by atomic mass is 32.1. The summed E-state index contributed by atoms with van der Waals surface area (Å²) < 4.78 is 10.9. The number of thiazole rings is 1. The minimum atomic E-state index is 0.290. The first-order chi connectivity index (χ1) is 11.8. The van der Waals surface area contributed by atoms with Gasteiger partial charge < -0.3 is 14.8 Å². The average Bonchev–Trinajstić information content (AvgIpc) is 3.03. The van der Waals surface area contributed by atoms with E-state index in [0.29, 0.717) is 16.6 Å². The molecule has 1 aliphatic carbocycles. The van der Waals surface area contributed by atoms with E-state index in [9.17, 15) is 5.26 Å². The van der Waals surface area contributed by atoms with E-state index < -0.39 is 0 Å². The van der Waals surface area contributed by atoms with Crippen LogP contribution < -0.4 is 14.8 Å². The van der Waals surface area contributed by atoms with Gasteiger partial charge in [0.15, 0.2) is 5.13 Å². The monoisotopic (exact) mass is 343 g/mol. The highest BCUT2D eigenvalue weighted by Gasteiger charge is 2.17. The van der Waals surface area contributed by atoms with E-state index in [4.69, 9.17) is 9.47 Å². The number of hydrogen-bond donors (Lipinski definition) is 1. The molecule has 0 aliphatic heterocycles. The van der Waals surface area contributed by atoms with Crippen molar-refractivity contribution in [3.63, 3.8) is 0 Å². The first-order valence-corrected chi connectivity index (χ1v) is 9.03. The zero-order valence-electron chi connectivity index (χ0n) is 13.7. The van der Waals surface area contributed by atoms with Gasteiger partial charge in [0.2, 0.25) is 0 Å². The summed E-state index contributed by atoms with van der Waals surface area (Å²) in [6.45, 7) is 0.290. The fourth-order valence-corrected chi connectivity index (χ4v) is 3.69. The summed E-state index contributed by atoms with van der Waals surface area (Å²) in [5.41, 5.74) is 0.691. The Bertz CT molecular complexity index is 700. The summed E-state index contributed by atoms with van der Waals surface area (Å²) in [6, 6.07) is 10.1. The fourth-order valence-electron chi connectivity index (χ4n) is 2.84. The van der Waals surface area contributed by atoms with Gasteiger partial charge in [0.1, 0.15) is 34.7 Å². The van der Waals surface area contributed by atoms with Crippen LogP contribution in [-0.4, -0.2) is 18.1 Å². The lowest BCUT2D eigenvalue weighted by molar-refractivity contribution is 0.301. The maximum absolute atomic E-state index is 9.32. The normalized spacial score (nSPS) is 14.8.